The molecule has 4 aromatic heterocycles. The predicted molar refractivity (Wildman–Crippen MR) is 239 cm³/mol. The molecule has 0 unspecified atom stereocenters. The number of nitrogen functional groups attached to an aromatic ring is 1. The van der Waals surface area contributed by atoms with Crippen LogP contribution in [0, 0.1) is 0 Å². The van der Waals surface area contributed by atoms with Gasteiger partial charge < -0.3 is 34.4 Å². The number of nitrogens with one attached hydrogen (secondary N) is 2. The van der Waals surface area contributed by atoms with Gasteiger partial charge in [0.05, 0.1) is 66.8 Å². The molecule has 7 rings (SSSR count). The summed E-state index contributed by atoms with van der Waals surface area (Å²) in [7, 11) is -1.87. The van der Waals surface area contributed by atoms with Crippen LogP contribution in [0.3, 0.4) is 0 Å². The molecule has 0 saturated carbocycles. The average molecular weight is 1070 g/mol. The molecule has 7 aromatic rings. The normalized spacial score (nSPS) is 11.4. The molecular weight excluding hydrogens is 1040 g/mol. The Hall–Kier alpha value is -9.31. The molecular formula is C44H31F9N8O12S. The summed E-state index contributed by atoms with van der Waals surface area (Å²) in [5, 5.41) is -0.400. The monoisotopic (exact) mass is 1070 g/mol. The van der Waals surface area contributed by atoms with Crippen molar-refractivity contribution < 1.29 is 86.0 Å². The van der Waals surface area contributed by atoms with Crippen LogP contribution in [0.2, 0.25) is 0 Å². The van der Waals surface area contributed by atoms with E-state index in [1.165, 1.54) is 73.6 Å². The quantitative estimate of drug-likeness (QED) is 0.0361. The maximum atomic E-state index is 13.4. The standard InChI is InChI=1S/C15H11F3N4O5S.C15H9F3N2O4.C14H11F3N2O3/c1-28(25,26)21-22-13(23)9-5-12(27-8-3-2-4-19-7-8)10(15(16,17)18)6-11(9)20-14(22)24;1-23-14(22)10-5-13(24-9-3-2-4-19-7-9)11(15(16,17)18)6-12(10)20-8-21;1-21-13(20)9-5-12(22-8-3-2-4-19-7-8)10(6-11(9)18)14(15,16)17/h2-7,21H,1H3,(H,20,24);2-7H,1H3;2-7H,18H2,1H3. The fourth-order valence-electron chi connectivity index (χ4n) is 5.88. The van der Waals surface area contributed by atoms with Gasteiger partial charge in [0.15, 0.2) is 0 Å². The zero-order valence-electron chi connectivity index (χ0n) is 37.4. The lowest BCUT2D eigenvalue weighted by atomic mass is 10.1. The first-order chi connectivity index (χ1) is 34.6. The number of halogens is 9. The van der Waals surface area contributed by atoms with Gasteiger partial charge in [-0.2, -0.15) is 49.2 Å². The van der Waals surface area contributed by atoms with Crippen molar-refractivity contribution >= 4 is 50.3 Å². The second-order valence-electron chi connectivity index (χ2n) is 14.2. The molecule has 0 bridgehead atoms. The highest BCUT2D eigenvalue weighted by Gasteiger charge is 2.38. The van der Waals surface area contributed by atoms with Crippen molar-refractivity contribution in [3.63, 3.8) is 0 Å². The Bertz CT molecular complexity index is 3470. The fraction of sp³-hybridized carbons (Fsp3) is 0.136. The number of benzene rings is 3. The highest BCUT2D eigenvalue weighted by Crippen LogP contribution is 2.43. The maximum Gasteiger partial charge on any atom is 0.420 e. The van der Waals surface area contributed by atoms with Crippen molar-refractivity contribution in [1.29, 1.82) is 0 Å². The van der Waals surface area contributed by atoms with Crippen LogP contribution >= 0.6 is 0 Å². The van der Waals surface area contributed by atoms with Crippen LogP contribution in [0.25, 0.3) is 10.9 Å². The average Bonchev–Trinajstić information content (AvgIpc) is 3.33. The molecule has 3 aromatic carbocycles. The number of nitrogens with zero attached hydrogens (tertiary/aromatic N) is 5. The summed E-state index contributed by atoms with van der Waals surface area (Å²) in [4.78, 5) is 76.1. The number of pyridine rings is 3. The Labute approximate surface area is 407 Å². The molecule has 0 amide bonds. The second-order valence-corrected chi connectivity index (χ2v) is 15.9. The van der Waals surface area contributed by atoms with E-state index in [2.05, 4.69) is 29.4 Å². The lowest BCUT2D eigenvalue weighted by Gasteiger charge is -2.16. The van der Waals surface area contributed by atoms with Crippen molar-refractivity contribution in [1.82, 2.24) is 24.6 Å². The minimum Gasteiger partial charge on any atom is -0.465 e. The molecule has 4 heterocycles. The van der Waals surface area contributed by atoms with Crippen LogP contribution in [0.5, 0.6) is 34.5 Å². The lowest BCUT2D eigenvalue weighted by Crippen LogP contribution is -2.43. The third-order valence-corrected chi connectivity index (χ3v) is 9.50. The lowest BCUT2D eigenvalue weighted by molar-refractivity contribution is -0.139. The number of hydrogen-bond donors (Lipinski definition) is 3. The molecule has 0 atom stereocenters. The number of isocyanates is 1. The van der Waals surface area contributed by atoms with E-state index in [1.54, 1.807) is 4.83 Å². The first-order valence-corrected chi connectivity index (χ1v) is 21.7. The van der Waals surface area contributed by atoms with Crippen LogP contribution < -0.4 is 36.0 Å². The number of sulfonamides is 1. The van der Waals surface area contributed by atoms with Gasteiger partial charge in [-0.3, -0.25) is 19.7 Å². The van der Waals surface area contributed by atoms with Crippen LogP contribution in [-0.4, -0.2) is 71.5 Å². The number of fused-ring (bicyclic) bond motifs is 1. The topological polar surface area (TPSA) is 275 Å². The van der Waals surface area contributed by atoms with Gasteiger partial charge in [-0.25, -0.2) is 32.4 Å². The summed E-state index contributed by atoms with van der Waals surface area (Å²) < 4.78 is 167. The molecule has 0 spiro atoms. The van der Waals surface area contributed by atoms with E-state index in [9.17, 15) is 71.9 Å². The van der Waals surface area contributed by atoms with Crippen molar-refractivity contribution in [2.45, 2.75) is 18.5 Å². The number of nitrogens with two attached hydrogens (primary N) is 1. The molecule has 0 aliphatic rings. The predicted octanol–water partition coefficient (Wildman–Crippen LogP) is 8.31. The first kappa shape index (κ1) is 55.6. The first-order valence-electron chi connectivity index (χ1n) is 19.8. The number of carbonyl (C=O) groups is 2. The Kier molecular flexibility index (Phi) is 17.2. The van der Waals surface area contributed by atoms with Crippen LogP contribution in [0.1, 0.15) is 37.4 Å². The summed E-state index contributed by atoms with van der Waals surface area (Å²) >= 11 is 0. The Morgan fingerprint density at radius 3 is 1.50 bits per heavy atom. The van der Waals surface area contributed by atoms with Gasteiger partial charge in [0.25, 0.3) is 5.56 Å². The number of rotatable bonds is 11. The Balaban J connectivity index is 0.000000207. The number of aromatic amines is 1. The number of aliphatic imine (C=N–C) groups is 1. The van der Waals surface area contributed by atoms with Crippen LogP contribution in [-0.2, 0) is 42.8 Å². The second kappa shape index (κ2) is 22.8. The number of methoxy groups -OCH3 is 2. The molecule has 74 heavy (non-hydrogen) atoms. The number of aromatic nitrogens is 5. The van der Waals surface area contributed by atoms with Crippen molar-refractivity contribution in [3.05, 3.63) is 159 Å². The van der Waals surface area contributed by atoms with Gasteiger partial charge in [-0.05, 0) is 72.8 Å². The number of ether oxygens (including phenoxy) is 5. The minimum absolute atomic E-state index is 0.0219. The molecule has 4 N–H and O–H groups in total. The number of alkyl halides is 9. The van der Waals surface area contributed by atoms with Gasteiger partial charge in [0.2, 0.25) is 16.1 Å². The third-order valence-electron chi connectivity index (χ3n) is 8.98. The fourth-order valence-corrected chi connectivity index (χ4v) is 6.38. The molecule has 0 aliphatic heterocycles. The number of carbonyl (C=O) groups excluding carboxylic acids is 3. The molecule has 0 fully saturated rings. The van der Waals surface area contributed by atoms with Crippen LogP contribution in [0.15, 0.2) is 125 Å². The van der Waals surface area contributed by atoms with E-state index in [1.807, 2.05) is 4.98 Å². The van der Waals surface area contributed by atoms with Crippen LogP contribution in [0.4, 0.5) is 50.9 Å². The Morgan fingerprint density at radius 1 is 0.676 bits per heavy atom. The smallest absolute Gasteiger partial charge is 0.420 e. The van der Waals surface area contributed by atoms with Gasteiger partial charge in [-0.15, -0.1) is 0 Å². The molecule has 388 valence electrons. The molecule has 0 saturated heterocycles. The zero-order chi connectivity index (χ0) is 54.8. The largest absolute Gasteiger partial charge is 0.465 e. The third kappa shape index (κ3) is 14.4. The van der Waals surface area contributed by atoms with E-state index in [4.69, 9.17) is 19.9 Å². The summed E-state index contributed by atoms with van der Waals surface area (Å²) in [6.07, 6.45) is -4.69. The van der Waals surface area contributed by atoms with Gasteiger partial charge in [0.1, 0.15) is 51.2 Å². The molecule has 20 nitrogen and oxygen atoms in total. The SMILES string of the molecule is COC(=O)c1cc(Oc2cccnc2)c(C(F)(F)F)cc1N.COC(=O)c1cc(Oc2cccnc2)c(C(F)(F)F)cc1N=C=O.CS(=O)(=O)Nn1c(=O)[nH]c2cc(C(F)(F)F)c(Oc3cccnc3)cc2c1=O. The molecule has 0 aliphatic carbocycles. The summed E-state index contributed by atoms with van der Waals surface area (Å²) in [6.45, 7) is 0. The summed E-state index contributed by atoms with van der Waals surface area (Å²) in [6, 6.07) is 12.7. The van der Waals surface area contributed by atoms with Crippen molar-refractivity contribution in [3.8, 4) is 34.5 Å². The number of esters is 2. The van der Waals surface area contributed by atoms with E-state index < -0.39 is 102 Å². The summed E-state index contributed by atoms with van der Waals surface area (Å²) in [5.41, 5.74) is -2.38. The van der Waals surface area contributed by atoms with Gasteiger partial charge in [0, 0.05) is 24.3 Å². The molecule has 30 heteroatoms. The number of H-pyrrole nitrogens is 1. The van der Waals surface area contributed by atoms with E-state index in [0.717, 1.165) is 38.5 Å². The summed E-state index contributed by atoms with van der Waals surface area (Å²) in [5.74, 6) is -3.67. The maximum absolute atomic E-state index is 13.4. The van der Waals surface area contributed by atoms with E-state index in [0.29, 0.717) is 24.5 Å². The highest BCUT2D eigenvalue weighted by atomic mass is 32.2. The van der Waals surface area contributed by atoms with Crippen molar-refractivity contribution in [2.24, 2.45) is 4.99 Å². The van der Waals surface area contributed by atoms with Crippen molar-refractivity contribution in [2.75, 3.05) is 31.0 Å². The minimum atomic E-state index is -4.86. The number of anilines is 1. The van der Waals surface area contributed by atoms with Gasteiger partial charge in [-0.1, -0.05) is 0 Å². The number of hydrogen-bond acceptors (Lipinski definition) is 17. The van der Waals surface area contributed by atoms with E-state index >= 15 is 0 Å². The Morgan fingerprint density at radius 2 is 1.09 bits per heavy atom. The zero-order valence-corrected chi connectivity index (χ0v) is 38.2. The van der Waals surface area contributed by atoms with E-state index in [-0.39, 0.29) is 38.7 Å². The molecule has 0 radical (unpaired) electrons. The highest BCUT2D eigenvalue weighted by molar-refractivity contribution is 7.91. The van der Waals surface area contributed by atoms with Gasteiger partial charge >= 0.3 is 36.2 Å².